The van der Waals surface area contributed by atoms with Crippen molar-refractivity contribution < 1.29 is 146 Å². The van der Waals surface area contributed by atoms with Gasteiger partial charge in [0.05, 0.1) is 6.61 Å². The van der Waals surface area contributed by atoms with E-state index in [1.165, 1.54) is 0 Å². The van der Waals surface area contributed by atoms with Gasteiger partial charge in [-0.15, -0.1) is 19.7 Å². The van der Waals surface area contributed by atoms with E-state index < -0.39 is 106 Å². The number of aliphatic carboxylic acids is 3. The second-order valence-corrected chi connectivity index (χ2v) is 39.0. The molecule has 0 aromatic rings. The van der Waals surface area contributed by atoms with Gasteiger partial charge in [-0.2, -0.15) is 12.6 Å². The molecule has 0 aromatic carbocycles. The molecular formula is C58H119IN17NaO21PS6-3. The second kappa shape index (κ2) is 69.2. The Morgan fingerprint density at radius 1 is 0.543 bits per heavy atom. The predicted octanol–water partition coefficient (Wildman–Crippen LogP) is -17.4. The SMILES string of the molecule is CC(C)(C)NC(=O)C(N)CNC(=O)C(N)CO.CC(C)(C)NC(=O)C(N)CNC(=O)C1NCCS1.CC(C)(C)NC(=O)C(N)CNC(=O)C=O.CC(C)(C)SSCCN.CC(C)(C)SSCCN.NC(=O)C(N)CNC(=O)C=O.NCCS.O=C([O-])CCP(CCC(=O)[O-])CCC(=O)[O-].[Na+].[O-][I+3]([O-])([O-])[O-]. The number of amides is 8. The molecule has 1 heterocycles. The van der Waals surface area contributed by atoms with Crippen molar-refractivity contribution in [3.63, 3.8) is 0 Å². The number of carboxylic acid groups (broad SMARTS) is 3. The van der Waals surface area contributed by atoms with E-state index in [4.69, 9.17) is 70.5 Å². The van der Waals surface area contributed by atoms with Crippen molar-refractivity contribution in [1.82, 2.24) is 42.5 Å². The van der Waals surface area contributed by atoms with Gasteiger partial charge in [-0.1, -0.05) is 84.7 Å². The number of nitrogens with one attached hydrogen (secondary N) is 8. The topological polar surface area (TPSA) is 734 Å². The first-order valence-corrected chi connectivity index (χ1v) is 43.3. The van der Waals surface area contributed by atoms with Crippen molar-refractivity contribution in [3.05, 3.63) is 0 Å². The largest absolute Gasteiger partial charge is 1.00 e. The Hall–Kier alpha value is -2.79. The Kier molecular flexibility index (Phi) is 79.4. The van der Waals surface area contributed by atoms with Crippen LogP contribution >= 0.6 is 75.5 Å². The number of rotatable bonds is 33. The minimum Gasteiger partial charge on any atom is -0.550 e. The molecular weight excluding hydrogens is 1640 g/mol. The van der Waals surface area contributed by atoms with Crippen LogP contribution in [0.15, 0.2) is 0 Å². The van der Waals surface area contributed by atoms with Crippen molar-refractivity contribution in [1.29, 1.82) is 0 Å². The fraction of sp³-hybridized carbons (Fsp3) is 0.776. The van der Waals surface area contributed by atoms with Gasteiger partial charge in [0, 0.05) is 119 Å². The van der Waals surface area contributed by atoms with Gasteiger partial charge in [-0.3, -0.25) is 67.0 Å². The molecule has 0 radical (unpaired) electrons. The maximum absolute atomic E-state index is 11.7. The van der Waals surface area contributed by atoms with E-state index in [1.807, 2.05) is 105 Å². The number of aldehydes is 2. The van der Waals surface area contributed by atoms with E-state index in [-0.39, 0.29) is 152 Å². The molecule has 47 heteroatoms. The number of hydrogen-bond donors (Lipinski definition) is 19. The third-order valence-electron chi connectivity index (χ3n) is 9.60. The summed E-state index contributed by atoms with van der Waals surface area (Å²) in [4.78, 5) is 139. The van der Waals surface area contributed by atoms with E-state index >= 15 is 0 Å². The number of nitrogens with two attached hydrogens (primary N) is 9. The number of carboxylic acids is 3. The second-order valence-electron chi connectivity index (χ2n) is 26.0. The van der Waals surface area contributed by atoms with Gasteiger partial charge in [0.2, 0.25) is 48.0 Å². The molecule has 38 nitrogen and oxygen atoms in total. The normalized spacial score (nSPS) is 13.6. The molecule has 0 bridgehead atoms. The molecule has 6 unspecified atom stereocenters. The quantitative estimate of drug-likeness (QED) is 0.00424. The molecule has 0 saturated carbocycles. The van der Waals surface area contributed by atoms with Crippen molar-refractivity contribution in [2.45, 2.75) is 185 Å². The van der Waals surface area contributed by atoms with E-state index in [1.54, 1.807) is 11.8 Å². The molecule has 1 aliphatic rings. The summed E-state index contributed by atoms with van der Waals surface area (Å²) in [6, 6.07) is -4.36. The number of aliphatic hydroxyl groups excluding tert-OH is 1. The van der Waals surface area contributed by atoms with Crippen molar-refractivity contribution in [3.8, 4) is 0 Å². The van der Waals surface area contributed by atoms with E-state index in [9.17, 15) is 77.6 Å². The fourth-order valence-electron chi connectivity index (χ4n) is 5.21. The van der Waals surface area contributed by atoms with E-state index in [0.717, 1.165) is 42.6 Å². The molecule has 1 rings (SSSR count). The molecule has 8 amide bonds. The molecule has 6 atom stereocenters. The van der Waals surface area contributed by atoms with Gasteiger partial charge < -0.3 is 124 Å². The van der Waals surface area contributed by atoms with Crippen LogP contribution in [-0.2, 0) is 62.3 Å². The van der Waals surface area contributed by atoms with Gasteiger partial charge >= 0.3 is 29.6 Å². The summed E-state index contributed by atoms with van der Waals surface area (Å²) in [5, 5.41) is 59.6. The number of hydrogen-bond acceptors (Lipinski definition) is 36. The third-order valence-corrected chi connectivity index (χ3v) is 20.3. The van der Waals surface area contributed by atoms with Gasteiger partial charge in [-0.05, 0) is 100 Å². The number of halogens is 1. The average molecular weight is 1760 g/mol. The number of carbonyl (C=O) groups excluding carboxylic acids is 13. The minimum atomic E-state index is -5.94. The monoisotopic (exact) mass is 1760 g/mol. The van der Waals surface area contributed by atoms with Crippen molar-refractivity contribution >= 4 is 153 Å². The molecule has 614 valence electrons. The smallest absolute Gasteiger partial charge is 0.550 e. The molecule has 1 fully saturated rings. The van der Waals surface area contributed by atoms with Crippen LogP contribution in [0.1, 0.15) is 123 Å². The number of carbonyl (C=O) groups is 13. The summed E-state index contributed by atoms with van der Waals surface area (Å²) in [7, 11) is 6.57. The van der Waals surface area contributed by atoms with E-state index in [0.29, 0.717) is 16.0 Å². The van der Waals surface area contributed by atoms with Gasteiger partial charge in [-0.25, -0.2) is 0 Å². The molecule has 1 aliphatic heterocycles. The summed E-state index contributed by atoms with van der Waals surface area (Å²) < 4.78 is 35.2. The summed E-state index contributed by atoms with van der Waals surface area (Å²) in [6.45, 7) is 32.5. The van der Waals surface area contributed by atoms with E-state index in [2.05, 4.69) is 96.7 Å². The summed E-state index contributed by atoms with van der Waals surface area (Å²) in [5.41, 5.74) is 46.5. The zero-order valence-electron chi connectivity index (χ0n) is 63.2. The molecule has 0 aliphatic carbocycles. The average Bonchev–Trinajstić information content (AvgIpc) is 1.93. The van der Waals surface area contributed by atoms with Crippen LogP contribution in [0.5, 0.6) is 0 Å². The Morgan fingerprint density at radius 2 is 0.838 bits per heavy atom. The Bertz CT molecular complexity index is 2370. The van der Waals surface area contributed by atoms with Crippen LogP contribution in [-0.4, -0.2) is 245 Å². The standard InChI is InChI=1S/C11H22N4O2S.C10H22N4O3.C9H17N3O3.C9H15O6P.2C6H15NS2.C5H9N3O3.C2H7NS.IO4.Na/c1-11(2,3)15-8(16)7(12)6-14-9(17)10-13-4-5-18-10;1-10(2,3)14-9(17)6(11)4-13-8(16)7(12)5-15;1-9(2,3)12-8(15)6(10)4-11-7(14)5-13;10-7(11)1-4-16(5-2-8(12)13)6-3-9(14)15;2*1-6(2,3)9-8-5-4-7;6-3(5(7)11)1-8-4(10)2-9;3-1-2-4;2-1(3,4)5;/h7,10,13H,4-6,12H2,1-3H3,(H,14,17)(H,15,16);6-7,15H,4-5,11-12H2,1-3H3,(H,13,16)(H,14,17);5-6H,4,10H2,1-3H3,(H,11,14)(H,12,15);1-6H2,(H,10,11)(H,12,13)(H,14,15);2*4-5,7H2,1-3H3;2-3H,1,6H2,(H2,7,11)(H,8,10);4H,1-3H2;;/q;;;;;;;;-1;+1/p-3. The fourth-order valence-corrected chi connectivity index (χ4v) is 12.6. The van der Waals surface area contributed by atoms with Gasteiger partial charge in [0.1, 0.15) is 55.7 Å². The van der Waals surface area contributed by atoms with Crippen molar-refractivity contribution in [2.24, 2.45) is 51.6 Å². The number of thioether (sulfide) groups is 1. The number of aliphatic hydroxyl groups is 1. The molecule has 105 heavy (non-hydrogen) atoms. The first-order valence-electron chi connectivity index (χ1n) is 31.5. The zero-order valence-corrected chi connectivity index (χ0v) is 73.2. The van der Waals surface area contributed by atoms with Crippen LogP contribution < -0.4 is 173 Å². The summed E-state index contributed by atoms with van der Waals surface area (Å²) in [6.07, 6.45) is 0.528. The first-order chi connectivity index (χ1) is 47.2. The van der Waals surface area contributed by atoms with Gasteiger partial charge in [0.25, 0.3) is 11.8 Å². The maximum atomic E-state index is 11.7. The van der Waals surface area contributed by atoms with Gasteiger partial charge in [0.15, 0.2) is 0 Å². The minimum absolute atomic E-state index is 0. The predicted molar refractivity (Wildman–Crippen MR) is 399 cm³/mol. The van der Waals surface area contributed by atoms with Crippen LogP contribution in [0.2, 0.25) is 0 Å². The van der Waals surface area contributed by atoms with Crippen molar-refractivity contribution in [2.75, 3.05) is 100 Å². The third kappa shape index (κ3) is 105. The first kappa shape index (κ1) is 121. The molecule has 0 spiro atoms. The number of thiol groups is 1. The maximum Gasteiger partial charge on any atom is 1.00 e. The Balaban J connectivity index is -0.000000145. The van der Waals surface area contributed by atoms with Crippen LogP contribution in [0, 0.1) is 0 Å². The molecule has 27 N–H and O–H groups in total. The molecule has 0 aromatic heterocycles. The summed E-state index contributed by atoms with van der Waals surface area (Å²) in [5.74, 6) is -3.76. The Labute approximate surface area is 673 Å². The zero-order chi connectivity index (χ0) is 83.4. The summed E-state index contributed by atoms with van der Waals surface area (Å²) >= 11 is -0.588. The molecule has 1 saturated heterocycles. The van der Waals surface area contributed by atoms with Crippen LogP contribution in [0.3, 0.4) is 0 Å². The number of primary amides is 1. The Morgan fingerprint density at radius 3 is 1.07 bits per heavy atom. The van der Waals surface area contributed by atoms with Crippen LogP contribution in [0.4, 0.5) is 0 Å². The van der Waals surface area contributed by atoms with Crippen LogP contribution in [0.25, 0.3) is 0 Å².